The van der Waals surface area contributed by atoms with Crippen LogP contribution >= 0.6 is 11.8 Å². The maximum absolute atomic E-state index is 13.4. The number of nitrogens with one attached hydrogen (secondary N) is 1. The number of nitrogens with zero attached hydrogens (tertiary/aromatic N) is 6. The van der Waals surface area contributed by atoms with E-state index in [1.807, 2.05) is 6.07 Å². The van der Waals surface area contributed by atoms with Crippen molar-refractivity contribution in [3.8, 4) is 11.8 Å². The first-order chi connectivity index (χ1) is 22.6. The summed E-state index contributed by atoms with van der Waals surface area (Å²) in [4.78, 5) is 28.6. The van der Waals surface area contributed by atoms with Crippen molar-refractivity contribution in [3.05, 3.63) is 45.9 Å². The highest BCUT2D eigenvalue weighted by molar-refractivity contribution is 8.00. The third-order valence-corrected chi connectivity index (χ3v) is 8.78. The molecule has 14 nitrogen and oxygen atoms in total. The van der Waals surface area contributed by atoms with Gasteiger partial charge in [-0.2, -0.15) is 13.2 Å². The number of aromatic carboxylic acids is 1. The normalized spacial score (nSPS) is 18.6. The van der Waals surface area contributed by atoms with Crippen LogP contribution in [0, 0.1) is 27.9 Å². The summed E-state index contributed by atoms with van der Waals surface area (Å²) in [6.45, 7) is 2.84. The zero-order valence-electron chi connectivity index (χ0n) is 25.3. The molecule has 0 radical (unpaired) electrons. The molecule has 5 rings (SSSR count). The Hall–Kier alpha value is -3.89. The number of carbonyl (C=O) groups is 1. The first kappa shape index (κ1) is 34.4. The molecule has 1 saturated carbocycles. The number of carboxylic acid groups (broad SMARTS) is 1. The van der Waals surface area contributed by atoms with Crippen LogP contribution in [0.25, 0.3) is 5.65 Å². The van der Waals surface area contributed by atoms with Gasteiger partial charge in [0.2, 0.25) is 0 Å². The van der Waals surface area contributed by atoms with Gasteiger partial charge in [-0.25, -0.2) is 9.78 Å². The molecular formula is C29H35F3N8O6S. The second-order valence-corrected chi connectivity index (χ2v) is 12.2. The highest BCUT2D eigenvalue weighted by Gasteiger charge is 2.37. The van der Waals surface area contributed by atoms with Gasteiger partial charge < -0.3 is 35.7 Å². The van der Waals surface area contributed by atoms with Gasteiger partial charge in [0.1, 0.15) is 17.3 Å². The van der Waals surface area contributed by atoms with Crippen molar-refractivity contribution in [2.75, 3.05) is 51.4 Å². The molecule has 0 spiro atoms. The van der Waals surface area contributed by atoms with Crippen molar-refractivity contribution < 1.29 is 37.5 Å². The van der Waals surface area contributed by atoms with E-state index in [1.54, 1.807) is 12.3 Å². The van der Waals surface area contributed by atoms with E-state index in [1.165, 1.54) is 17.2 Å². The predicted molar refractivity (Wildman–Crippen MR) is 165 cm³/mol. The molecule has 2 fully saturated rings. The standard InChI is InChI=1S/C29H35F3N8O6S/c30-29(31,32)47-27-24(3-1-9-33)36-25-23(4-2-10-38(25)27)35-22-7-11-37(20-5-6-20)18-19(22)8-13-45-15-16-46-14-12-39-26(40(43)44)21(17-34-39)28(41)42/h2,4,10,17,19-20,22,35H,5-9,11-16,18,33H2,(H,41,42)/t19-,22-/m0/s1. The van der Waals surface area contributed by atoms with E-state index in [0.29, 0.717) is 30.6 Å². The molecule has 1 saturated heterocycles. The second kappa shape index (κ2) is 15.3. The Labute approximate surface area is 271 Å². The van der Waals surface area contributed by atoms with Crippen LogP contribution < -0.4 is 11.1 Å². The van der Waals surface area contributed by atoms with E-state index < -0.39 is 27.8 Å². The third kappa shape index (κ3) is 8.93. The molecule has 18 heteroatoms. The van der Waals surface area contributed by atoms with Gasteiger partial charge in [-0.3, -0.25) is 9.30 Å². The van der Waals surface area contributed by atoms with Crippen LogP contribution in [0.15, 0.2) is 29.6 Å². The number of imidazole rings is 1. The molecule has 1 aliphatic heterocycles. The van der Waals surface area contributed by atoms with Crippen LogP contribution in [0.5, 0.6) is 0 Å². The van der Waals surface area contributed by atoms with Crippen molar-refractivity contribution in [2.24, 2.45) is 11.7 Å². The Balaban J connectivity index is 1.17. The molecule has 2 atom stereocenters. The monoisotopic (exact) mass is 680 g/mol. The minimum atomic E-state index is -4.52. The van der Waals surface area contributed by atoms with E-state index in [-0.39, 0.29) is 60.7 Å². The van der Waals surface area contributed by atoms with Gasteiger partial charge >= 0.3 is 17.3 Å². The number of nitrogens with two attached hydrogens (primary N) is 1. The Morgan fingerprint density at radius 2 is 2.00 bits per heavy atom. The fraction of sp³-hybridized carbons (Fsp3) is 0.552. The number of aromatic nitrogens is 4. The van der Waals surface area contributed by atoms with Crippen LogP contribution in [0.1, 0.15) is 41.7 Å². The molecule has 254 valence electrons. The van der Waals surface area contributed by atoms with Crippen molar-refractivity contribution >= 4 is 34.9 Å². The summed E-state index contributed by atoms with van der Waals surface area (Å²) in [5.74, 6) is 3.46. The van der Waals surface area contributed by atoms with E-state index >= 15 is 0 Å². The number of anilines is 1. The quantitative estimate of drug-likeness (QED) is 0.0702. The largest absolute Gasteiger partial charge is 0.477 e. The van der Waals surface area contributed by atoms with Gasteiger partial charge in [-0.15, -0.1) is 4.68 Å². The average Bonchev–Trinajstić information content (AvgIpc) is 3.69. The summed E-state index contributed by atoms with van der Waals surface area (Å²) in [6, 6.07) is 4.12. The molecule has 4 N–H and O–H groups in total. The molecule has 0 unspecified atom stereocenters. The molecule has 3 aromatic rings. The number of halogens is 3. The lowest BCUT2D eigenvalue weighted by molar-refractivity contribution is -0.393. The summed E-state index contributed by atoms with van der Waals surface area (Å²) >= 11 is -0.254. The maximum atomic E-state index is 13.4. The lowest BCUT2D eigenvalue weighted by Gasteiger charge is -2.39. The van der Waals surface area contributed by atoms with Gasteiger partial charge in [-0.05, 0) is 54.6 Å². The third-order valence-electron chi connectivity index (χ3n) is 7.96. The zero-order valence-corrected chi connectivity index (χ0v) is 26.1. The number of nitro groups is 1. The Kier molecular flexibility index (Phi) is 11.2. The zero-order chi connectivity index (χ0) is 33.6. The van der Waals surface area contributed by atoms with E-state index in [9.17, 15) is 28.1 Å². The van der Waals surface area contributed by atoms with Gasteiger partial charge in [0.15, 0.2) is 11.2 Å². The van der Waals surface area contributed by atoms with Gasteiger partial charge in [0, 0.05) is 49.7 Å². The van der Waals surface area contributed by atoms with Crippen LogP contribution in [0.2, 0.25) is 0 Å². The van der Waals surface area contributed by atoms with Crippen molar-refractivity contribution in [3.63, 3.8) is 0 Å². The number of piperidine rings is 1. The number of hydrogen-bond acceptors (Lipinski definition) is 11. The summed E-state index contributed by atoms with van der Waals surface area (Å²) < 4.78 is 54.0. The van der Waals surface area contributed by atoms with Gasteiger partial charge in [0.05, 0.1) is 38.2 Å². The van der Waals surface area contributed by atoms with Gasteiger partial charge in [0.25, 0.3) is 0 Å². The molecule has 0 amide bonds. The van der Waals surface area contributed by atoms with Crippen LogP contribution in [-0.4, -0.2) is 104 Å². The second-order valence-electron chi connectivity index (χ2n) is 11.1. The lowest BCUT2D eigenvalue weighted by Crippen LogP contribution is -2.47. The smallest absolute Gasteiger partial charge is 0.447 e. The van der Waals surface area contributed by atoms with E-state index in [4.69, 9.17) is 20.3 Å². The number of carboxylic acids is 1. The van der Waals surface area contributed by atoms with Crippen LogP contribution in [0.4, 0.5) is 24.7 Å². The molecule has 1 aliphatic carbocycles. The number of rotatable bonds is 15. The minimum absolute atomic E-state index is 0.00399. The SMILES string of the molecule is NCC#Cc1nc2c(N[C@H]3CCN(C4CC4)C[C@@H]3CCOCCOCCn3ncc(C(=O)O)c3[N+](=O)[O-])cccn2c1SC(F)(F)F. The molecule has 2 aliphatic rings. The van der Waals surface area contributed by atoms with Crippen molar-refractivity contribution in [1.29, 1.82) is 0 Å². The molecule has 47 heavy (non-hydrogen) atoms. The highest BCUT2D eigenvalue weighted by Crippen LogP contribution is 2.40. The number of likely N-dealkylation sites (tertiary alicyclic amines) is 1. The van der Waals surface area contributed by atoms with E-state index in [0.717, 1.165) is 36.8 Å². The topological polar surface area (TPSA) is 175 Å². The first-order valence-electron chi connectivity index (χ1n) is 15.1. The fourth-order valence-corrected chi connectivity index (χ4v) is 6.35. The predicted octanol–water partition coefficient (Wildman–Crippen LogP) is 3.45. The minimum Gasteiger partial charge on any atom is -0.477 e. The van der Waals surface area contributed by atoms with Crippen molar-refractivity contribution in [2.45, 2.75) is 54.8 Å². The van der Waals surface area contributed by atoms with Crippen molar-refractivity contribution in [1.82, 2.24) is 24.1 Å². The number of pyridine rings is 1. The summed E-state index contributed by atoms with van der Waals surface area (Å²) in [7, 11) is 0. The number of hydrogen-bond donors (Lipinski definition) is 3. The fourth-order valence-electron chi connectivity index (χ4n) is 5.69. The first-order valence-corrected chi connectivity index (χ1v) is 15.9. The Morgan fingerprint density at radius 3 is 2.68 bits per heavy atom. The maximum Gasteiger partial charge on any atom is 0.447 e. The molecule has 0 bridgehead atoms. The van der Waals surface area contributed by atoms with Crippen LogP contribution in [-0.2, 0) is 16.0 Å². The highest BCUT2D eigenvalue weighted by atomic mass is 32.2. The van der Waals surface area contributed by atoms with Gasteiger partial charge in [-0.1, -0.05) is 11.0 Å². The Bertz CT molecular complexity index is 1630. The number of thioether (sulfide) groups is 1. The number of fused-ring (bicyclic) bond motifs is 1. The lowest BCUT2D eigenvalue weighted by atomic mass is 9.89. The molecule has 3 aromatic heterocycles. The van der Waals surface area contributed by atoms with E-state index in [2.05, 4.69) is 32.1 Å². The number of alkyl halides is 3. The molecular weight excluding hydrogens is 645 g/mol. The van der Waals surface area contributed by atoms with Crippen LogP contribution in [0.3, 0.4) is 0 Å². The molecule has 4 heterocycles. The summed E-state index contributed by atoms with van der Waals surface area (Å²) in [5, 5.41) is 27.6. The average molecular weight is 681 g/mol. The summed E-state index contributed by atoms with van der Waals surface area (Å²) in [6.07, 6.45) is 6.42. The molecule has 0 aromatic carbocycles. The summed E-state index contributed by atoms with van der Waals surface area (Å²) in [5.41, 5.74) is 1.47. The number of ether oxygens (including phenoxy) is 2. The Morgan fingerprint density at radius 1 is 1.23 bits per heavy atom.